The van der Waals surface area contributed by atoms with Crippen LogP contribution >= 0.6 is 0 Å². The number of likely N-dealkylation sites (tertiary alicyclic amines) is 1. The van der Waals surface area contributed by atoms with Gasteiger partial charge in [0.1, 0.15) is 6.04 Å². The summed E-state index contributed by atoms with van der Waals surface area (Å²) in [6.45, 7) is 7.39. The quantitative estimate of drug-likeness (QED) is 0.865. The number of piperidine rings is 1. The lowest BCUT2D eigenvalue weighted by Crippen LogP contribution is -2.42. The molecule has 3 heterocycles. The third-order valence-corrected chi connectivity index (χ3v) is 4.38. The Hall–Kier alpha value is -2.18. The maximum absolute atomic E-state index is 12.7. The summed E-state index contributed by atoms with van der Waals surface area (Å²) in [4.78, 5) is 23.1. The number of imidazole rings is 1. The number of hydrogen-bond acceptors (Lipinski definition) is 5. The molecule has 2 aromatic heterocycles. The van der Waals surface area contributed by atoms with Crippen molar-refractivity contribution in [2.45, 2.75) is 51.5 Å². The molecule has 0 aliphatic carbocycles. The van der Waals surface area contributed by atoms with Gasteiger partial charge in [0.25, 0.3) is 0 Å². The van der Waals surface area contributed by atoms with Crippen molar-refractivity contribution >= 4 is 5.91 Å². The van der Waals surface area contributed by atoms with Gasteiger partial charge in [-0.2, -0.15) is 4.98 Å². The molecular weight excluding hydrogens is 294 g/mol. The first-order valence-corrected chi connectivity index (χ1v) is 8.16. The van der Waals surface area contributed by atoms with Crippen LogP contribution in [0.1, 0.15) is 63.2 Å². The predicted octanol–water partition coefficient (Wildman–Crippen LogP) is 2.36. The molecule has 3 rings (SSSR count). The van der Waals surface area contributed by atoms with Crippen LogP contribution in [0.4, 0.5) is 0 Å². The molecule has 0 unspecified atom stereocenters. The fourth-order valence-corrected chi connectivity index (χ4v) is 2.93. The predicted molar refractivity (Wildman–Crippen MR) is 83.9 cm³/mol. The molecule has 0 saturated carbocycles. The van der Waals surface area contributed by atoms with E-state index in [0.29, 0.717) is 12.4 Å². The third kappa shape index (κ3) is 3.28. The van der Waals surface area contributed by atoms with E-state index in [1.165, 1.54) is 0 Å². The second kappa shape index (κ2) is 6.52. The van der Waals surface area contributed by atoms with Gasteiger partial charge in [0.05, 0.1) is 6.33 Å². The molecule has 124 valence electrons. The highest BCUT2D eigenvalue weighted by Gasteiger charge is 2.30. The highest BCUT2D eigenvalue weighted by Crippen LogP contribution is 2.27. The third-order valence-electron chi connectivity index (χ3n) is 4.38. The van der Waals surface area contributed by atoms with Gasteiger partial charge in [0.15, 0.2) is 5.82 Å². The highest BCUT2D eigenvalue weighted by molar-refractivity contribution is 5.80. The summed E-state index contributed by atoms with van der Waals surface area (Å²) in [5.74, 6) is 1.87. The molecule has 1 aliphatic rings. The Kier molecular flexibility index (Phi) is 4.45. The van der Waals surface area contributed by atoms with Crippen molar-refractivity contribution in [1.29, 1.82) is 0 Å². The summed E-state index contributed by atoms with van der Waals surface area (Å²) >= 11 is 0. The van der Waals surface area contributed by atoms with Crippen molar-refractivity contribution in [1.82, 2.24) is 24.6 Å². The number of hydrogen-bond donors (Lipinski definition) is 0. The van der Waals surface area contributed by atoms with Crippen LogP contribution in [0.3, 0.4) is 0 Å². The zero-order valence-electron chi connectivity index (χ0n) is 13.8. The molecule has 1 amide bonds. The minimum Gasteiger partial charge on any atom is -0.340 e. The van der Waals surface area contributed by atoms with Crippen LogP contribution in [-0.2, 0) is 4.79 Å². The van der Waals surface area contributed by atoms with E-state index in [0.717, 1.165) is 25.2 Å². The number of amides is 1. The van der Waals surface area contributed by atoms with E-state index in [1.807, 2.05) is 36.4 Å². The SMILES string of the molecule is CC(C)c1nc([C@@H]2CCCN(C(=O)[C@@H](C)n3ccnc3)C2)no1. The molecule has 1 fully saturated rings. The summed E-state index contributed by atoms with van der Waals surface area (Å²) in [5, 5.41) is 4.11. The van der Waals surface area contributed by atoms with Crippen LogP contribution in [0.15, 0.2) is 23.2 Å². The standard InChI is InChI=1S/C16H23N5O2/c1-11(2)15-18-14(19-23-15)13-5-4-7-20(9-13)16(22)12(3)21-8-6-17-10-21/h6,8,10-13H,4-5,7,9H2,1-3H3/t12-,13-/m1/s1. The highest BCUT2D eigenvalue weighted by atomic mass is 16.5. The lowest BCUT2D eigenvalue weighted by molar-refractivity contribution is -0.135. The molecule has 7 heteroatoms. The van der Waals surface area contributed by atoms with Gasteiger partial charge in [-0.25, -0.2) is 4.98 Å². The largest absolute Gasteiger partial charge is 0.340 e. The van der Waals surface area contributed by atoms with Crippen molar-refractivity contribution < 1.29 is 9.32 Å². The van der Waals surface area contributed by atoms with Crippen LogP contribution < -0.4 is 0 Å². The number of aromatic nitrogens is 4. The summed E-state index contributed by atoms with van der Waals surface area (Å²) in [5.41, 5.74) is 0. The monoisotopic (exact) mass is 317 g/mol. The van der Waals surface area contributed by atoms with Crippen LogP contribution in [0, 0.1) is 0 Å². The summed E-state index contributed by atoms with van der Waals surface area (Å²) in [7, 11) is 0. The van der Waals surface area contributed by atoms with Gasteiger partial charge < -0.3 is 14.0 Å². The molecule has 1 saturated heterocycles. The Morgan fingerprint density at radius 1 is 1.39 bits per heavy atom. The smallest absolute Gasteiger partial charge is 0.245 e. The van der Waals surface area contributed by atoms with Crippen molar-refractivity contribution in [3.63, 3.8) is 0 Å². The molecule has 0 radical (unpaired) electrons. The van der Waals surface area contributed by atoms with Crippen LogP contribution in [0.2, 0.25) is 0 Å². The Balaban J connectivity index is 1.69. The van der Waals surface area contributed by atoms with Crippen molar-refractivity contribution in [3.8, 4) is 0 Å². The zero-order valence-corrected chi connectivity index (χ0v) is 13.8. The lowest BCUT2D eigenvalue weighted by Gasteiger charge is -2.33. The van der Waals surface area contributed by atoms with Gasteiger partial charge in [-0.05, 0) is 19.8 Å². The van der Waals surface area contributed by atoms with Crippen LogP contribution in [-0.4, -0.2) is 43.6 Å². The summed E-state index contributed by atoms with van der Waals surface area (Å²) in [6.07, 6.45) is 7.13. The van der Waals surface area contributed by atoms with E-state index in [9.17, 15) is 4.79 Å². The maximum atomic E-state index is 12.7. The Bertz CT molecular complexity index is 649. The van der Waals surface area contributed by atoms with Gasteiger partial charge in [-0.3, -0.25) is 4.79 Å². The van der Waals surface area contributed by atoms with Crippen LogP contribution in [0.25, 0.3) is 0 Å². The van der Waals surface area contributed by atoms with Crippen molar-refractivity contribution in [2.75, 3.05) is 13.1 Å². The van der Waals surface area contributed by atoms with E-state index in [1.54, 1.807) is 12.5 Å². The second-order valence-electron chi connectivity index (χ2n) is 6.45. The average molecular weight is 317 g/mol. The molecule has 2 atom stereocenters. The lowest BCUT2D eigenvalue weighted by atomic mass is 9.97. The van der Waals surface area contributed by atoms with E-state index >= 15 is 0 Å². The molecule has 23 heavy (non-hydrogen) atoms. The van der Waals surface area contributed by atoms with E-state index in [-0.39, 0.29) is 23.8 Å². The molecule has 0 spiro atoms. The number of carbonyl (C=O) groups is 1. The fourth-order valence-electron chi connectivity index (χ4n) is 2.93. The van der Waals surface area contributed by atoms with Crippen molar-refractivity contribution in [2.24, 2.45) is 0 Å². The van der Waals surface area contributed by atoms with Gasteiger partial charge in [0.2, 0.25) is 11.8 Å². The Morgan fingerprint density at radius 2 is 2.22 bits per heavy atom. The molecular formula is C16H23N5O2. The Morgan fingerprint density at radius 3 is 2.87 bits per heavy atom. The van der Waals surface area contributed by atoms with Gasteiger partial charge in [-0.1, -0.05) is 19.0 Å². The zero-order chi connectivity index (χ0) is 16.4. The van der Waals surface area contributed by atoms with Gasteiger partial charge in [0, 0.05) is 37.3 Å². The van der Waals surface area contributed by atoms with E-state index in [2.05, 4.69) is 15.1 Å². The van der Waals surface area contributed by atoms with E-state index in [4.69, 9.17) is 4.52 Å². The minimum atomic E-state index is -0.243. The number of rotatable bonds is 4. The minimum absolute atomic E-state index is 0.111. The first-order chi connectivity index (χ1) is 11.1. The summed E-state index contributed by atoms with van der Waals surface area (Å²) < 4.78 is 7.13. The second-order valence-corrected chi connectivity index (χ2v) is 6.45. The average Bonchev–Trinajstić information content (AvgIpc) is 3.25. The molecule has 7 nitrogen and oxygen atoms in total. The van der Waals surface area contributed by atoms with Gasteiger partial charge >= 0.3 is 0 Å². The molecule has 0 bridgehead atoms. The molecule has 0 aromatic carbocycles. The first kappa shape index (κ1) is 15.7. The van der Waals surface area contributed by atoms with Crippen molar-refractivity contribution in [3.05, 3.63) is 30.4 Å². The number of carbonyl (C=O) groups excluding carboxylic acids is 1. The molecule has 2 aromatic rings. The summed E-state index contributed by atoms with van der Waals surface area (Å²) in [6, 6.07) is -0.243. The Labute approximate surface area is 135 Å². The normalized spacial score (nSPS) is 20.0. The fraction of sp³-hybridized carbons (Fsp3) is 0.625. The topological polar surface area (TPSA) is 77.1 Å². The van der Waals surface area contributed by atoms with Crippen LogP contribution in [0.5, 0.6) is 0 Å². The molecule has 1 aliphatic heterocycles. The van der Waals surface area contributed by atoms with Gasteiger partial charge in [-0.15, -0.1) is 0 Å². The number of nitrogens with zero attached hydrogens (tertiary/aromatic N) is 5. The van der Waals surface area contributed by atoms with E-state index < -0.39 is 0 Å². The maximum Gasteiger partial charge on any atom is 0.245 e. The first-order valence-electron chi connectivity index (χ1n) is 8.16. The molecule has 0 N–H and O–H groups in total.